The third-order valence-corrected chi connectivity index (χ3v) is 2.89. The number of rotatable bonds is 4. The summed E-state index contributed by atoms with van der Waals surface area (Å²) in [6.07, 6.45) is 0.600. The second-order valence-corrected chi connectivity index (χ2v) is 4.82. The van der Waals surface area contributed by atoms with Crippen molar-refractivity contribution in [3.8, 4) is 17.6 Å². The highest BCUT2D eigenvalue weighted by atomic mass is 35.5. The van der Waals surface area contributed by atoms with Gasteiger partial charge >= 0.3 is 0 Å². The fourth-order valence-corrected chi connectivity index (χ4v) is 1.83. The van der Waals surface area contributed by atoms with Gasteiger partial charge in [0.25, 0.3) is 0 Å². The average Bonchev–Trinajstić information content (AvgIpc) is 2.48. The minimum Gasteiger partial charge on any atom is -0.484 e. The van der Waals surface area contributed by atoms with Gasteiger partial charge in [0.15, 0.2) is 11.6 Å². The van der Waals surface area contributed by atoms with E-state index in [4.69, 9.17) is 16.3 Å². The normalized spacial score (nSPS) is 9.86. The lowest BCUT2D eigenvalue weighted by molar-refractivity contribution is 0.285. The molecule has 0 aliphatic carbocycles. The molecule has 0 bridgehead atoms. The molecular weight excluding hydrogens is 289 g/mol. The van der Waals surface area contributed by atoms with Gasteiger partial charge < -0.3 is 4.74 Å². The van der Waals surface area contributed by atoms with Crippen LogP contribution in [0.2, 0.25) is 0 Å². The van der Waals surface area contributed by atoms with Crippen LogP contribution in [0.5, 0.6) is 5.75 Å². The van der Waals surface area contributed by atoms with Crippen LogP contribution in [0.1, 0.15) is 23.4 Å². The van der Waals surface area contributed by atoms with Crippen LogP contribution in [-0.2, 0) is 6.61 Å². The van der Waals surface area contributed by atoms with Crippen molar-refractivity contribution >= 4 is 11.6 Å². The van der Waals surface area contributed by atoms with Gasteiger partial charge in [-0.05, 0) is 37.3 Å². The van der Waals surface area contributed by atoms with Gasteiger partial charge in [0, 0.05) is 23.6 Å². The van der Waals surface area contributed by atoms with Gasteiger partial charge in [0.1, 0.15) is 6.61 Å². The van der Waals surface area contributed by atoms with Crippen LogP contribution in [0, 0.1) is 24.6 Å². The first-order valence-electron chi connectivity index (χ1n) is 6.59. The fraction of sp³-hybridized carbons (Fsp3) is 0.235. The lowest BCUT2D eigenvalue weighted by Crippen LogP contribution is -2.00. The lowest BCUT2D eigenvalue weighted by atomic mass is 10.2. The molecule has 2 aromatic rings. The van der Waals surface area contributed by atoms with Gasteiger partial charge in [0.2, 0.25) is 0 Å². The number of alkyl halides is 1. The summed E-state index contributed by atoms with van der Waals surface area (Å²) < 4.78 is 19.2. The Morgan fingerprint density at radius 1 is 1.29 bits per heavy atom. The maximum atomic E-state index is 13.7. The zero-order chi connectivity index (χ0) is 15.1. The van der Waals surface area contributed by atoms with Crippen molar-refractivity contribution in [2.45, 2.75) is 20.0 Å². The van der Waals surface area contributed by atoms with Crippen LogP contribution in [0.25, 0.3) is 0 Å². The third-order valence-electron chi connectivity index (χ3n) is 2.70. The van der Waals surface area contributed by atoms with Crippen molar-refractivity contribution in [1.29, 1.82) is 0 Å². The van der Waals surface area contributed by atoms with Crippen LogP contribution >= 0.6 is 11.6 Å². The highest BCUT2D eigenvalue weighted by molar-refractivity contribution is 6.18. The SMILES string of the molecule is Cc1cccc(COc2cc(C#CCCCl)ccc2F)n1. The van der Waals surface area contributed by atoms with Gasteiger partial charge in [-0.2, -0.15) is 0 Å². The molecule has 1 aromatic heterocycles. The van der Waals surface area contributed by atoms with Crippen molar-refractivity contribution in [3.63, 3.8) is 0 Å². The molecule has 0 spiro atoms. The molecule has 2 nitrogen and oxygen atoms in total. The van der Waals surface area contributed by atoms with E-state index in [9.17, 15) is 4.39 Å². The molecule has 2 rings (SSSR count). The summed E-state index contributed by atoms with van der Waals surface area (Å²) in [6.45, 7) is 2.12. The molecule has 0 amide bonds. The van der Waals surface area contributed by atoms with Crippen molar-refractivity contribution in [2.24, 2.45) is 0 Å². The molecule has 0 aliphatic heterocycles. The second-order valence-electron chi connectivity index (χ2n) is 4.44. The summed E-state index contributed by atoms with van der Waals surface area (Å²) in [7, 11) is 0. The van der Waals surface area contributed by atoms with Crippen LogP contribution in [0.4, 0.5) is 4.39 Å². The van der Waals surface area contributed by atoms with Gasteiger partial charge in [-0.1, -0.05) is 17.9 Å². The summed E-state index contributed by atoms with van der Waals surface area (Å²) in [5.74, 6) is 6.08. The van der Waals surface area contributed by atoms with E-state index in [2.05, 4.69) is 16.8 Å². The van der Waals surface area contributed by atoms with Crippen molar-refractivity contribution in [2.75, 3.05) is 5.88 Å². The first kappa shape index (κ1) is 15.3. The molecular formula is C17H15ClFNO. The highest BCUT2D eigenvalue weighted by Gasteiger charge is 2.05. The lowest BCUT2D eigenvalue weighted by Gasteiger charge is -2.07. The summed E-state index contributed by atoms with van der Waals surface area (Å²) >= 11 is 5.56. The molecule has 0 saturated carbocycles. The molecule has 0 N–H and O–H groups in total. The van der Waals surface area contributed by atoms with E-state index in [1.54, 1.807) is 12.1 Å². The first-order chi connectivity index (χ1) is 10.2. The van der Waals surface area contributed by atoms with Crippen LogP contribution in [0.3, 0.4) is 0 Å². The largest absolute Gasteiger partial charge is 0.484 e. The zero-order valence-corrected chi connectivity index (χ0v) is 12.5. The molecule has 1 aromatic carbocycles. The predicted octanol–water partition coefficient (Wildman–Crippen LogP) is 4.09. The summed E-state index contributed by atoms with van der Waals surface area (Å²) in [4.78, 5) is 4.31. The van der Waals surface area contributed by atoms with E-state index in [1.165, 1.54) is 6.07 Å². The molecule has 1 heterocycles. The molecule has 21 heavy (non-hydrogen) atoms. The minimum atomic E-state index is -0.412. The maximum absolute atomic E-state index is 13.7. The smallest absolute Gasteiger partial charge is 0.165 e. The van der Waals surface area contributed by atoms with E-state index in [0.29, 0.717) is 17.9 Å². The van der Waals surface area contributed by atoms with Gasteiger partial charge in [-0.3, -0.25) is 4.98 Å². The zero-order valence-electron chi connectivity index (χ0n) is 11.7. The number of halogens is 2. The average molecular weight is 304 g/mol. The monoisotopic (exact) mass is 303 g/mol. The number of aryl methyl sites for hydroxylation is 1. The van der Waals surface area contributed by atoms with Crippen molar-refractivity contribution < 1.29 is 9.13 Å². The molecule has 0 radical (unpaired) electrons. The Bertz CT molecular complexity index is 676. The molecule has 0 aliphatic rings. The molecule has 108 valence electrons. The fourth-order valence-electron chi connectivity index (χ4n) is 1.74. The van der Waals surface area contributed by atoms with Crippen LogP contribution < -0.4 is 4.74 Å². The Kier molecular flexibility index (Phi) is 5.59. The molecule has 0 fully saturated rings. The molecule has 0 saturated heterocycles. The second kappa shape index (κ2) is 7.66. The number of benzene rings is 1. The number of ether oxygens (including phenoxy) is 1. The Hall–Kier alpha value is -2.05. The van der Waals surface area contributed by atoms with E-state index in [0.717, 1.165) is 11.4 Å². The molecule has 4 heteroatoms. The van der Waals surface area contributed by atoms with Crippen molar-refractivity contribution in [1.82, 2.24) is 4.98 Å². The number of nitrogens with zero attached hydrogens (tertiary/aromatic N) is 1. The number of pyridine rings is 1. The van der Waals surface area contributed by atoms with Crippen molar-refractivity contribution in [3.05, 3.63) is 59.2 Å². The molecule has 0 atom stereocenters. The Morgan fingerprint density at radius 3 is 2.90 bits per heavy atom. The first-order valence-corrected chi connectivity index (χ1v) is 7.12. The Labute approximate surface area is 128 Å². The van der Waals surface area contributed by atoms with E-state index < -0.39 is 5.82 Å². The predicted molar refractivity (Wildman–Crippen MR) is 81.9 cm³/mol. The third kappa shape index (κ3) is 4.77. The van der Waals surface area contributed by atoms with Crippen LogP contribution in [0.15, 0.2) is 36.4 Å². The van der Waals surface area contributed by atoms with Gasteiger partial charge in [-0.25, -0.2) is 4.39 Å². The molecule has 0 unspecified atom stereocenters. The minimum absolute atomic E-state index is 0.177. The topological polar surface area (TPSA) is 22.1 Å². The summed E-state index contributed by atoms with van der Waals surface area (Å²) in [6, 6.07) is 10.2. The maximum Gasteiger partial charge on any atom is 0.165 e. The Balaban J connectivity index is 2.09. The van der Waals surface area contributed by atoms with Gasteiger partial charge in [0.05, 0.1) is 5.69 Å². The number of hydrogen-bond donors (Lipinski definition) is 0. The van der Waals surface area contributed by atoms with Gasteiger partial charge in [-0.15, -0.1) is 11.6 Å². The summed E-state index contributed by atoms with van der Waals surface area (Å²) in [5, 5.41) is 0. The quantitative estimate of drug-likeness (QED) is 0.627. The van der Waals surface area contributed by atoms with Crippen LogP contribution in [-0.4, -0.2) is 10.9 Å². The number of hydrogen-bond acceptors (Lipinski definition) is 2. The highest BCUT2D eigenvalue weighted by Crippen LogP contribution is 2.19. The van der Waals surface area contributed by atoms with E-state index in [1.807, 2.05) is 25.1 Å². The number of aromatic nitrogens is 1. The summed E-state index contributed by atoms with van der Waals surface area (Å²) in [5.41, 5.74) is 2.36. The van der Waals surface area contributed by atoms with E-state index in [-0.39, 0.29) is 12.4 Å². The Morgan fingerprint density at radius 2 is 2.14 bits per heavy atom. The van der Waals surface area contributed by atoms with E-state index >= 15 is 0 Å². The standard InChI is InChI=1S/C17H15ClFNO/c1-13-5-4-7-15(20-13)12-21-17-11-14(6-2-3-10-18)8-9-16(17)19/h4-5,7-9,11H,3,10,12H2,1H3.